The molecule has 2 amide bonds. The molecule has 0 fully saturated rings. The second kappa shape index (κ2) is 8.20. The summed E-state index contributed by atoms with van der Waals surface area (Å²) in [4.78, 5) is 24.2. The SMILES string of the molecule is C.C=CC[C@H](C(N)=O)[C@@H](CC(C)(C)C)C(=O)NC(C)(C)C. The number of rotatable bonds is 6. The van der Waals surface area contributed by atoms with Crippen LogP contribution in [0.15, 0.2) is 12.7 Å². The Morgan fingerprint density at radius 3 is 1.90 bits per heavy atom. The topological polar surface area (TPSA) is 72.2 Å². The summed E-state index contributed by atoms with van der Waals surface area (Å²) >= 11 is 0. The van der Waals surface area contributed by atoms with Gasteiger partial charge in [0.2, 0.25) is 11.8 Å². The molecule has 0 saturated carbocycles. The molecule has 0 aromatic heterocycles. The van der Waals surface area contributed by atoms with Crippen LogP contribution in [-0.4, -0.2) is 17.4 Å². The van der Waals surface area contributed by atoms with Gasteiger partial charge in [-0.05, 0) is 39.0 Å². The Morgan fingerprint density at radius 2 is 1.62 bits per heavy atom. The van der Waals surface area contributed by atoms with Gasteiger partial charge in [-0.3, -0.25) is 9.59 Å². The fourth-order valence-corrected chi connectivity index (χ4v) is 2.20. The van der Waals surface area contributed by atoms with Crippen molar-refractivity contribution in [3.63, 3.8) is 0 Å². The van der Waals surface area contributed by atoms with Gasteiger partial charge in [-0.15, -0.1) is 6.58 Å². The van der Waals surface area contributed by atoms with E-state index < -0.39 is 17.7 Å². The van der Waals surface area contributed by atoms with E-state index in [-0.39, 0.29) is 24.3 Å². The molecule has 0 radical (unpaired) electrons. The maximum atomic E-state index is 12.5. The predicted molar refractivity (Wildman–Crippen MR) is 89.7 cm³/mol. The predicted octanol–water partition coefficient (Wildman–Crippen LogP) is 3.27. The van der Waals surface area contributed by atoms with Gasteiger partial charge in [-0.2, -0.15) is 0 Å². The quantitative estimate of drug-likeness (QED) is 0.739. The Kier molecular flexibility index (Phi) is 8.58. The van der Waals surface area contributed by atoms with Crippen molar-refractivity contribution in [2.75, 3.05) is 0 Å². The largest absolute Gasteiger partial charge is 0.369 e. The minimum atomic E-state index is -0.505. The second-order valence-electron chi connectivity index (χ2n) is 7.64. The van der Waals surface area contributed by atoms with E-state index in [2.05, 4.69) is 32.7 Å². The van der Waals surface area contributed by atoms with Gasteiger partial charge < -0.3 is 11.1 Å². The first-order valence-electron chi connectivity index (χ1n) is 7.09. The Balaban J connectivity index is 0. The maximum Gasteiger partial charge on any atom is 0.224 e. The van der Waals surface area contributed by atoms with Gasteiger partial charge in [0, 0.05) is 5.54 Å². The first-order valence-corrected chi connectivity index (χ1v) is 7.09. The van der Waals surface area contributed by atoms with Crippen LogP contribution in [0.2, 0.25) is 0 Å². The molecule has 0 spiro atoms. The average Bonchev–Trinajstić information content (AvgIpc) is 2.18. The highest BCUT2D eigenvalue weighted by Crippen LogP contribution is 2.31. The molecule has 0 saturated heterocycles. The van der Waals surface area contributed by atoms with Crippen molar-refractivity contribution in [1.29, 1.82) is 0 Å². The van der Waals surface area contributed by atoms with Gasteiger partial charge in [0.25, 0.3) is 0 Å². The lowest BCUT2D eigenvalue weighted by atomic mass is 9.76. The molecule has 2 atom stereocenters. The number of hydrogen-bond acceptors (Lipinski definition) is 2. The van der Waals surface area contributed by atoms with Crippen molar-refractivity contribution in [3.8, 4) is 0 Å². The zero-order chi connectivity index (χ0) is 16.1. The standard InChI is InChI=1S/C16H30N2O2.CH4/c1-8-9-11(13(17)19)12(10-15(2,3)4)14(20)18-16(5,6)7;/h8,11-12H,1,9-10H2,2-7H3,(H2,17,19)(H,18,20);1H4/t11-,12+;/m0./s1. The number of primary amides is 1. The van der Waals surface area contributed by atoms with Gasteiger partial charge >= 0.3 is 0 Å². The van der Waals surface area contributed by atoms with Crippen LogP contribution in [0.25, 0.3) is 0 Å². The van der Waals surface area contributed by atoms with E-state index >= 15 is 0 Å². The summed E-state index contributed by atoms with van der Waals surface area (Å²) in [7, 11) is 0. The third kappa shape index (κ3) is 9.27. The van der Waals surface area contributed by atoms with Crippen LogP contribution in [0.4, 0.5) is 0 Å². The van der Waals surface area contributed by atoms with Crippen molar-refractivity contribution in [1.82, 2.24) is 5.32 Å². The molecule has 0 bridgehead atoms. The van der Waals surface area contributed by atoms with E-state index in [1.807, 2.05) is 20.8 Å². The van der Waals surface area contributed by atoms with E-state index in [1.54, 1.807) is 6.08 Å². The molecule has 4 nitrogen and oxygen atoms in total. The van der Waals surface area contributed by atoms with Crippen LogP contribution in [0.5, 0.6) is 0 Å². The fourth-order valence-electron chi connectivity index (χ4n) is 2.20. The van der Waals surface area contributed by atoms with E-state index in [0.29, 0.717) is 12.8 Å². The number of nitrogens with one attached hydrogen (secondary N) is 1. The third-order valence-corrected chi connectivity index (χ3v) is 2.94. The monoisotopic (exact) mass is 298 g/mol. The minimum Gasteiger partial charge on any atom is -0.369 e. The smallest absolute Gasteiger partial charge is 0.224 e. The zero-order valence-corrected chi connectivity index (χ0v) is 13.7. The molecule has 4 heteroatoms. The number of carbonyl (C=O) groups is 2. The molecule has 21 heavy (non-hydrogen) atoms. The van der Waals surface area contributed by atoms with E-state index in [4.69, 9.17) is 5.73 Å². The summed E-state index contributed by atoms with van der Waals surface area (Å²) in [6, 6.07) is 0. The molecule has 124 valence electrons. The lowest BCUT2D eigenvalue weighted by Crippen LogP contribution is -2.48. The van der Waals surface area contributed by atoms with Crippen molar-refractivity contribution >= 4 is 11.8 Å². The molecule has 0 heterocycles. The molecular weight excluding hydrogens is 264 g/mol. The summed E-state index contributed by atoms with van der Waals surface area (Å²) in [6.45, 7) is 15.6. The Morgan fingerprint density at radius 1 is 1.14 bits per heavy atom. The number of nitrogens with two attached hydrogens (primary N) is 1. The van der Waals surface area contributed by atoms with Gasteiger partial charge in [0.1, 0.15) is 0 Å². The summed E-state index contributed by atoms with van der Waals surface area (Å²) in [5.41, 5.74) is 5.09. The molecular formula is C17H34N2O2. The van der Waals surface area contributed by atoms with Crippen molar-refractivity contribution in [2.24, 2.45) is 23.0 Å². The molecule has 0 aromatic rings. The van der Waals surface area contributed by atoms with Crippen LogP contribution >= 0.6 is 0 Å². The first-order chi connectivity index (χ1) is 8.87. The molecule has 3 N–H and O–H groups in total. The summed E-state index contributed by atoms with van der Waals surface area (Å²) < 4.78 is 0. The van der Waals surface area contributed by atoms with Crippen molar-refractivity contribution in [3.05, 3.63) is 12.7 Å². The third-order valence-electron chi connectivity index (χ3n) is 2.94. The van der Waals surface area contributed by atoms with E-state index in [9.17, 15) is 9.59 Å². The highest BCUT2D eigenvalue weighted by atomic mass is 16.2. The molecule has 0 aliphatic heterocycles. The Hall–Kier alpha value is -1.32. The number of carbonyl (C=O) groups excluding carboxylic acids is 2. The summed E-state index contributed by atoms with van der Waals surface area (Å²) in [5, 5.41) is 2.95. The number of hydrogen-bond donors (Lipinski definition) is 2. The lowest BCUT2D eigenvalue weighted by Gasteiger charge is -2.32. The minimum absolute atomic E-state index is 0. The van der Waals surface area contributed by atoms with Crippen LogP contribution in [0, 0.1) is 17.3 Å². The van der Waals surface area contributed by atoms with E-state index in [1.165, 1.54) is 0 Å². The molecule has 0 unspecified atom stereocenters. The normalized spacial score (nSPS) is 14.6. The van der Waals surface area contributed by atoms with E-state index in [0.717, 1.165) is 0 Å². The molecule has 0 aromatic carbocycles. The lowest BCUT2D eigenvalue weighted by molar-refractivity contribution is -0.135. The second-order valence-corrected chi connectivity index (χ2v) is 7.64. The van der Waals surface area contributed by atoms with Gasteiger partial charge in [0.05, 0.1) is 11.8 Å². The Labute approximate surface area is 130 Å². The summed E-state index contributed by atoms with van der Waals surface area (Å²) in [6.07, 6.45) is 2.68. The molecule has 0 aliphatic carbocycles. The first kappa shape index (κ1) is 22.0. The van der Waals surface area contributed by atoms with Gasteiger partial charge in [0.15, 0.2) is 0 Å². The number of allylic oxidation sites excluding steroid dienone is 1. The van der Waals surface area contributed by atoms with Crippen LogP contribution in [-0.2, 0) is 9.59 Å². The van der Waals surface area contributed by atoms with Crippen molar-refractivity contribution < 1.29 is 9.59 Å². The number of amides is 2. The zero-order valence-electron chi connectivity index (χ0n) is 13.7. The average molecular weight is 298 g/mol. The van der Waals surface area contributed by atoms with Crippen LogP contribution in [0.3, 0.4) is 0 Å². The fraction of sp³-hybridized carbons (Fsp3) is 0.765. The highest BCUT2D eigenvalue weighted by molar-refractivity contribution is 5.87. The Bertz CT molecular complexity index is 362. The van der Waals surface area contributed by atoms with Gasteiger partial charge in [-0.25, -0.2) is 0 Å². The van der Waals surface area contributed by atoms with Crippen LogP contribution in [0.1, 0.15) is 61.8 Å². The highest BCUT2D eigenvalue weighted by Gasteiger charge is 2.35. The maximum absolute atomic E-state index is 12.5. The van der Waals surface area contributed by atoms with Crippen molar-refractivity contribution in [2.45, 2.75) is 67.3 Å². The molecule has 0 aliphatic rings. The van der Waals surface area contributed by atoms with Crippen LogP contribution < -0.4 is 11.1 Å². The summed E-state index contributed by atoms with van der Waals surface area (Å²) in [5.74, 6) is -1.49. The molecule has 0 rings (SSSR count). The van der Waals surface area contributed by atoms with Gasteiger partial charge in [-0.1, -0.05) is 34.3 Å².